The summed E-state index contributed by atoms with van der Waals surface area (Å²) in [5.41, 5.74) is 12.8. The van der Waals surface area contributed by atoms with Gasteiger partial charge in [0.2, 0.25) is 0 Å². The normalized spacial score (nSPS) is 18.6. The summed E-state index contributed by atoms with van der Waals surface area (Å²) in [5.74, 6) is 0.933. The van der Waals surface area contributed by atoms with Crippen molar-refractivity contribution >= 4 is 91.1 Å². The third-order valence-electron chi connectivity index (χ3n) is 9.32. The first kappa shape index (κ1) is 39.6. The molecular formula is C32H44I3N12O4-. The van der Waals surface area contributed by atoms with Crippen molar-refractivity contribution in [3.63, 3.8) is 0 Å². The molecule has 2 saturated carbocycles. The van der Waals surface area contributed by atoms with Crippen LogP contribution >= 0.6 is 45.2 Å². The largest absolute Gasteiger partial charge is 1.00 e. The number of nitrogens with zero attached hydrogens (tertiary/aromatic N) is 9. The predicted molar refractivity (Wildman–Crippen MR) is 204 cm³/mol. The van der Waals surface area contributed by atoms with Gasteiger partial charge in [-0.1, -0.05) is 6.42 Å². The molecular weight excluding hydrogens is 997 g/mol. The van der Waals surface area contributed by atoms with Gasteiger partial charge in [-0.2, -0.15) is 10.2 Å². The fourth-order valence-corrected chi connectivity index (χ4v) is 8.24. The van der Waals surface area contributed by atoms with Crippen LogP contribution in [0.25, 0.3) is 22.1 Å². The molecule has 2 aliphatic heterocycles. The second-order valence-electron chi connectivity index (χ2n) is 15.8. The molecule has 2 spiro atoms. The minimum Gasteiger partial charge on any atom is -1.00 e. The monoisotopic (exact) mass is 1040 g/mol. The maximum atomic E-state index is 12.1. The van der Waals surface area contributed by atoms with E-state index in [9.17, 15) is 9.59 Å². The Hall–Kier alpha value is -2.57. The van der Waals surface area contributed by atoms with Gasteiger partial charge in [0, 0.05) is 37.0 Å². The van der Waals surface area contributed by atoms with Gasteiger partial charge in [0.1, 0.15) is 42.9 Å². The Morgan fingerprint density at radius 1 is 0.824 bits per heavy atom. The molecule has 2 saturated heterocycles. The van der Waals surface area contributed by atoms with E-state index in [1.165, 1.54) is 31.9 Å². The number of likely N-dealkylation sites (tertiary alicyclic amines) is 2. The Kier molecular flexibility index (Phi) is 11.4. The summed E-state index contributed by atoms with van der Waals surface area (Å²) < 4.78 is 14.4. The number of H-pyrrole nitrogens is 1. The van der Waals surface area contributed by atoms with Gasteiger partial charge in [0.15, 0.2) is 11.3 Å². The molecule has 0 atom stereocenters. The molecule has 6 heterocycles. The molecule has 278 valence electrons. The number of nitrogen functional groups attached to an aromatic ring is 2. The number of fused-ring (bicyclic) bond motifs is 2. The molecule has 19 heteroatoms. The van der Waals surface area contributed by atoms with Crippen LogP contribution in [0.5, 0.6) is 0 Å². The molecule has 8 rings (SSSR count). The number of anilines is 2. The highest BCUT2D eigenvalue weighted by molar-refractivity contribution is 14.1. The molecule has 2 amide bonds. The van der Waals surface area contributed by atoms with Crippen LogP contribution < -0.4 is 35.4 Å². The van der Waals surface area contributed by atoms with Crippen molar-refractivity contribution in [3.8, 4) is 0 Å². The summed E-state index contributed by atoms with van der Waals surface area (Å²) in [6, 6.07) is 0.293. The molecule has 5 N–H and O–H groups in total. The fourth-order valence-electron chi connectivity index (χ4n) is 6.85. The van der Waals surface area contributed by atoms with Gasteiger partial charge >= 0.3 is 12.2 Å². The molecule has 0 unspecified atom stereocenters. The van der Waals surface area contributed by atoms with E-state index in [4.69, 9.17) is 20.9 Å². The smallest absolute Gasteiger partial charge is 0.410 e. The first-order chi connectivity index (χ1) is 23.4. The van der Waals surface area contributed by atoms with E-state index in [1.807, 2.05) is 51.1 Å². The van der Waals surface area contributed by atoms with E-state index in [0.717, 1.165) is 62.8 Å². The van der Waals surface area contributed by atoms with Crippen LogP contribution in [0.15, 0.2) is 12.7 Å². The number of hydrogen-bond acceptors (Lipinski definition) is 12. The quantitative estimate of drug-likeness (QED) is 0.235. The number of halogens is 3. The summed E-state index contributed by atoms with van der Waals surface area (Å²) in [7, 11) is 0. The maximum absolute atomic E-state index is 12.1. The number of aromatic nitrogens is 8. The molecule has 4 aromatic heterocycles. The van der Waals surface area contributed by atoms with Gasteiger partial charge in [-0.3, -0.25) is 5.10 Å². The standard InChI is InChI=1S/C16H21IN6O2.C11H19NO2.C5H4IN5.HI/c1-15(2,3)25-14(24)22-6-16(7-22)4-9(5-16)23-13-10(11(17)21-23)12(18)19-8-20-13;1-10(2,3)14-9(13)12-7-11(8-12)5-4-6-11;6-3-2-4(7)8-1-9-5(2)11-10-3;/h8-9H,4-7H2,1-3H3,(H2,18,19,20);4-8H2,1-3H3;1H,(H3,7,8,9,10,11);1H/p-1. The second-order valence-corrected chi connectivity index (χ2v) is 17.9. The second kappa shape index (κ2) is 14.7. The maximum Gasteiger partial charge on any atom is 0.410 e. The zero-order chi connectivity index (χ0) is 36.2. The summed E-state index contributed by atoms with van der Waals surface area (Å²) in [5, 5.41) is 12.9. The van der Waals surface area contributed by atoms with Crippen molar-refractivity contribution in [1.29, 1.82) is 0 Å². The number of aromatic amines is 1. The summed E-state index contributed by atoms with van der Waals surface area (Å²) in [6.07, 6.45) is 8.42. The summed E-state index contributed by atoms with van der Waals surface area (Å²) in [4.78, 5) is 43.4. The first-order valence-electron chi connectivity index (χ1n) is 16.6. The van der Waals surface area contributed by atoms with Crippen LogP contribution in [0.3, 0.4) is 0 Å². The fraction of sp³-hybridized carbons (Fsp3) is 0.625. The van der Waals surface area contributed by atoms with E-state index < -0.39 is 5.60 Å². The van der Waals surface area contributed by atoms with Crippen LogP contribution in [0, 0.1) is 18.2 Å². The SMILES string of the molecule is CC(C)(C)OC(=O)N1CC2(CC(n3nc(I)c4c(N)ncnc43)C2)C1.CC(C)(C)OC(=O)N1CC2(CCC2)C1.Nc1ncnc2n[nH]c(I)c12.[I-]. The number of nitrogens with one attached hydrogen (secondary N) is 1. The van der Waals surface area contributed by atoms with E-state index in [-0.39, 0.29) is 47.2 Å². The van der Waals surface area contributed by atoms with Crippen molar-refractivity contribution < 1.29 is 43.0 Å². The predicted octanol–water partition coefficient (Wildman–Crippen LogP) is 2.54. The third-order valence-corrected chi connectivity index (χ3v) is 10.9. The molecule has 4 aromatic rings. The molecule has 51 heavy (non-hydrogen) atoms. The van der Waals surface area contributed by atoms with Crippen molar-refractivity contribution in [3.05, 3.63) is 20.1 Å². The average molecular weight is 1040 g/mol. The topological polar surface area (TPSA) is 209 Å². The Bertz CT molecular complexity index is 1890. The van der Waals surface area contributed by atoms with Gasteiger partial charge in [0.25, 0.3) is 0 Å². The zero-order valence-corrected chi connectivity index (χ0v) is 36.0. The number of rotatable bonds is 1. The minimum absolute atomic E-state index is 0. The number of carbonyl (C=O) groups excluding carboxylic acids is 2. The lowest BCUT2D eigenvalue weighted by atomic mass is 9.61. The molecule has 0 bridgehead atoms. The van der Waals surface area contributed by atoms with Crippen LogP contribution in [0.1, 0.15) is 79.7 Å². The van der Waals surface area contributed by atoms with E-state index >= 15 is 0 Å². The van der Waals surface area contributed by atoms with Crippen LogP contribution in [-0.2, 0) is 9.47 Å². The van der Waals surface area contributed by atoms with Gasteiger partial charge < -0.3 is 54.7 Å². The van der Waals surface area contributed by atoms with E-state index in [0.29, 0.717) is 28.7 Å². The van der Waals surface area contributed by atoms with Crippen LogP contribution in [0.4, 0.5) is 21.2 Å². The molecule has 0 aromatic carbocycles. The van der Waals surface area contributed by atoms with Crippen molar-refractivity contribution in [2.45, 2.75) is 90.9 Å². The van der Waals surface area contributed by atoms with Gasteiger partial charge in [0.05, 0.1) is 16.8 Å². The third kappa shape index (κ3) is 8.64. The molecule has 16 nitrogen and oxygen atoms in total. The van der Waals surface area contributed by atoms with Gasteiger partial charge in [-0.05, 0) is 112 Å². The van der Waals surface area contributed by atoms with Gasteiger partial charge in [-0.15, -0.1) is 0 Å². The lowest BCUT2D eigenvalue weighted by Crippen LogP contribution is -3.00. The Morgan fingerprint density at radius 3 is 1.82 bits per heavy atom. The van der Waals surface area contributed by atoms with Gasteiger partial charge in [-0.25, -0.2) is 34.2 Å². The van der Waals surface area contributed by atoms with E-state index in [2.05, 4.69) is 80.4 Å². The highest BCUT2D eigenvalue weighted by Gasteiger charge is 2.55. The lowest BCUT2D eigenvalue weighted by molar-refractivity contribution is -0.0921. The zero-order valence-electron chi connectivity index (χ0n) is 29.5. The van der Waals surface area contributed by atoms with Crippen molar-refractivity contribution in [2.75, 3.05) is 37.6 Å². The summed E-state index contributed by atoms with van der Waals surface area (Å²) in [6.45, 7) is 14.7. The highest BCUT2D eigenvalue weighted by Crippen LogP contribution is 2.55. The number of hydrogen-bond donors (Lipinski definition) is 3. The number of carbonyl (C=O) groups is 2. The average Bonchev–Trinajstić information content (AvgIpc) is 3.45. The Morgan fingerprint density at radius 2 is 1.33 bits per heavy atom. The number of amides is 2. The Labute approximate surface area is 340 Å². The molecule has 0 radical (unpaired) electrons. The number of ether oxygens (including phenoxy) is 2. The van der Waals surface area contributed by atoms with Crippen LogP contribution in [-0.4, -0.2) is 99.3 Å². The molecule has 2 aliphatic carbocycles. The first-order valence-corrected chi connectivity index (χ1v) is 18.7. The number of nitrogens with two attached hydrogens (primary N) is 2. The van der Waals surface area contributed by atoms with E-state index in [1.54, 1.807) is 4.90 Å². The lowest BCUT2D eigenvalue weighted by Gasteiger charge is -2.58. The van der Waals surface area contributed by atoms with Crippen molar-refractivity contribution in [2.24, 2.45) is 10.8 Å². The Balaban J connectivity index is 0.000000163. The minimum atomic E-state index is -0.452. The van der Waals surface area contributed by atoms with Crippen molar-refractivity contribution in [1.82, 2.24) is 49.7 Å². The summed E-state index contributed by atoms with van der Waals surface area (Å²) >= 11 is 4.27. The molecule has 4 fully saturated rings. The van der Waals surface area contributed by atoms with Crippen LogP contribution in [0.2, 0.25) is 0 Å². The molecule has 4 aliphatic rings. The highest BCUT2D eigenvalue weighted by atomic mass is 127.